The molecule has 1 atom stereocenters. The molecule has 4 nitrogen and oxygen atoms in total. The third-order valence-corrected chi connectivity index (χ3v) is 4.16. The van der Waals surface area contributed by atoms with E-state index < -0.39 is 0 Å². The van der Waals surface area contributed by atoms with Gasteiger partial charge in [0.1, 0.15) is 5.75 Å². The van der Waals surface area contributed by atoms with Crippen LogP contribution in [0.2, 0.25) is 0 Å². The first-order valence-electron chi connectivity index (χ1n) is 7.65. The van der Waals surface area contributed by atoms with Crippen molar-refractivity contribution in [3.05, 3.63) is 29.8 Å². The van der Waals surface area contributed by atoms with Crippen LogP contribution in [-0.4, -0.2) is 43.3 Å². The fraction of sp³-hybridized carbons (Fsp3) is 0.562. The Balaban J connectivity index is 2.13. The molecule has 0 aliphatic carbocycles. The molecule has 0 bridgehead atoms. The third-order valence-electron chi connectivity index (χ3n) is 3.87. The highest BCUT2D eigenvalue weighted by atomic mass is 32.1. The molecule has 1 unspecified atom stereocenters. The Hall–Kier alpha value is -1.33. The number of thiocarbonyl (C=S) groups is 1. The summed E-state index contributed by atoms with van der Waals surface area (Å²) in [5.41, 5.74) is 1.23. The number of hydrogen-bond acceptors (Lipinski definition) is 3. The van der Waals surface area contributed by atoms with E-state index in [1.54, 1.807) is 7.11 Å². The van der Waals surface area contributed by atoms with Crippen LogP contribution >= 0.6 is 12.2 Å². The molecule has 2 rings (SSSR count). The number of benzene rings is 1. The molecule has 0 spiro atoms. The number of ether oxygens (including phenoxy) is 1. The van der Waals surface area contributed by atoms with Gasteiger partial charge in [-0.1, -0.05) is 18.2 Å². The minimum absolute atomic E-state index is 0.292. The third kappa shape index (κ3) is 4.32. The maximum atomic E-state index is 5.54. The van der Waals surface area contributed by atoms with Gasteiger partial charge in [-0.25, -0.2) is 0 Å². The van der Waals surface area contributed by atoms with Gasteiger partial charge in [-0.3, -0.25) is 4.90 Å². The normalized spacial score (nSPS) is 16.5. The lowest BCUT2D eigenvalue weighted by Gasteiger charge is -2.29. The fourth-order valence-electron chi connectivity index (χ4n) is 2.84. The second-order valence-electron chi connectivity index (χ2n) is 5.24. The Bertz CT molecular complexity index is 461. The van der Waals surface area contributed by atoms with Crippen LogP contribution in [0.3, 0.4) is 0 Å². The summed E-state index contributed by atoms with van der Waals surface area (Å²) < 4.78 is 5.54. The Morgan fingerprint density at radius 2 is 2.00 bits per heavy atom. The van der Waals surface area contributed by atoms with Gasteiger partial charge < -0.3 is 15.4 Å². The van der Waals surface area contributed by atoms with Crippen molar-refractivity contribution < 1.29 is 4.74 Å². The molecule has 116 valence electrons. The predicted octanol–water partition coefficient (Wildman–Crippen LogP) is 2.32. The highest BCUT2D eigenvalue weighted by molar-refractivity contribution is 7.80. The zero-order valence-electron chi connectivity index (χ0n) is 12.9. The Morgan fingerprint density at radius 3 is 2.67 bits per heavy atom. The van der Waals surface area contributed by atoms with Gasteiger partial charge in [-0.15, -0.1) is 0 Å². The van der Waals surface area contributed by atoms with Gasteiger partial charge in [-0.2, -0.15) is 0 Å². The number of likely N-dealkylation sites (tertiary alicyclic amines) is 1. The van der Waals surface area contributed by atoms with E-state index in [1.165, 1.54) is 18.4 Å². The summed E-state index contributed by atoms with van der Waals surface area (Å²) >= 11 is 5.29. The molecule has 1 heterocycles. The lowest BCUT2D eigenvalue weighted by molar-refractivity contribution is 0.239. The first-order valence-corrected chi connectivity index (χ1v) is 8.05. The monoisotopic (exact) mass is 307 g/mol. The molecular weight excluding hydrogens is 282 g/mol. The number of hydrogen-bond donors (Lipinski definition) is 2. The fourth-order valence-corrected chi connectivity index (χ4v) is 3.07. The Labute approximate surface area is 132 Å². The lowest BCUT2D eigenvalue weighted by Crippen LogP contribution is -2.41. The molecule has 2 N–H and O–H groups in total. The van der Waals surface area contributed by atoms with Crippen LogP contribution in [0.4, 0.5) is 0 Å². The second kappa shape index (κ2) is 8.20. The SMILES string of the molecule is CCNC(=S)NCC(c1ccccc1OC)N1CCCC1. The molecule has 5 heteroatoms. The van der Waals surface area contributed by atoms with Crippen LogP contribution in [0.1, 0.15) is 31.4 Å². The smallest absolute Gasteiger partial charge is 0.166 e. The molecule has 1 aliphatic rings. The van der Waals surface area contributed by atoms with Gasteiger partial charge in [0.25, 0.3) is 0 Å². The summed E-state index contributed by atoms with van der Waals surface area (Å²) in [6.45, 7) is 5.96. The molecule has 1 aromatic rings. The molecule has 0 radical (unpaired) electrons. The van der Waals surface area contributed by atoms with Crippen molar-refractivity contribution in [3.8, 4) is 5.75 Å². The van der Waals surface area contributed by atoms with Crippen molar-refractivity contribution in [1.29, 1.82) is 0 Å². The Morgan fingerprint density at radius 1 is 1.29 bits per heavy atom. The van der Waals surface area contributed by atoms with E-state index in [1.807, 2.05) is 19.1 Å². The van der Waals surface area contributed by atoms with Crippen molar-refractivity contribution in [2.75, 3.05) is 33.3 Å². The summed E-state index contributed by atoms with van der Waals surface area (Å²) in [6, 6.07) is 8.56. The van der Waals surface area contributed by atoms with E-state index in [4.69, 9.17) is 17.0 Å². The van der Waals surface area contributed by atoms with Crippen LogP contribution in [0, 0.1) is 0 Å². The number of nitrogens with zero attached hydrogens (tertiary/aromatic N) is 1. The topological polar surface area (TPSA) is 36.5 Å². The van der Waals surface area contributed by atoms with Crippen molar-refractivity contribution >= 4 is 17.3 Å². The highest BCUT2D eigenvalue weighted by Gasteiger charge is 2.25. The van der Waals surface area contributed by atoms with E-state index in [2.05, 4.69) is 27.7 Å². The van der Waals surface area contributed by atoms with Crippen LogP contribution < -0.4 is 15.4 Å². The van der Waals surface area contributed by atoms with Crippen LogP contribution in [0.5, 0.6) is 5.75 Å². The van der Waals surface area contributed by atoms with Crippen molar-refractivity contribution in [3.63, 3.8) is 0 Å². The molecule has 1 fully saturated rings. The summed E-state index contributed by atoms with van der Waals surface area (Å²) in [5, 5.41) is 7.19. The first kappa shape index (κ1) is 16.0. The van der Waals surface area contributed by atoms with E-state index in [-0.39, 0.29) is 0 Å². The zero-order chi connectivity index (χ0) is 15.1. The molecule has 1 saturated heterocycles. The summed E-state index contributed by atoms with van der Waals surface area (Å²) in [6.07, 6.45) is 2.53. The van der Waals surface area contributed by atoms with Crippen molar-refractivity contribution in [1.82, 2.24) is 15.5 Å². The van der Waals surface area contributed by atoms with E-state index in [0.717, 1.165) is 37.0 Å². The molecule has 21 heavy (non-hydrogen) atoms. The number of nitrogens with one attached hydrogen (secondary N) is 2. The maximum Gasteiger partial charge on any atom is 0.166 e. The standard InChI is InChI=1S/C16H25N3OS/c1-3-17-16(21)18-12-14(19-10-6-7-11-19)13-8-4-5-9-15(13)20-2/h4-5,8-9,14H,3,6-7,10-12H2,1-2H3,(H2,17,18,21). The number of rotatable bonds is 6. The summed E-state index contributed by atoms with van der Waals surface area (Å²) in [7, 11) is 1.73. The minimum Gasteiger partial charge on any atom is -0.496 e. The Kier molecular flexibility index (Phi) is 6.26. The molecule has 0 saturated carbocycles. The highest BCUT2D eigenvalue weighted by Crippen LogP contribution is 2.31. The van der Waals surface area contributed by atoms with Gasteiger partial charge >= 0.3 is 0 Å². The second-order valence-corrected chi connectivity index (χ2v) is 5.65. The average Bonchev–Trinajstić information content (AvgIpc) is 3.02. The van der Waals surface area contributed by atoms with Crippen LogP contribution in [0.15, 0.2) is 24.3 Å². The predicted molar refractivity (Wildman–Crippen MR) is 90.8 cm³/mol. The van der Waals surface area contributed by atoms with Gasteiger partial charge in [0, 0.05) is 18.7 Å². The quantitative estimate of drug-likeness (QED) is 0.789. The van der Waals surface area contributed by atoms with E-state index in [0.29, 0.717) is 6.04 Å². The number of para-hydroxylation sites is 1. The molecule has 1 aromatic carbocycles. The molecule has 0 aromatic heterocycles. The summed E-state index contributed by atoms with van der Waals surface area (Å²) in [5.74, 6) is 0.950. The molecule has 0 amide bonds. The summed E-state index contributed by atoms with van der Waals surface area (Å²) in [4.78, 5) is 2.51. The van der Waals surface area contributed by atoms with Crippen molar-refractivity contribution in [2.45, 2.75) is 25.8 Å². The first-order chi connectivity index (χ1) is 10.3. The van der Waals surface area contributed by atoms with Gasteiger partial charge in [-0.05, 0) is 51.1 Å². The van der Waals surface area contributed by atoms with Gasteiger partial charge in [0.05, 0.1) is 13.2 Å². The van der Waals surface area contributed by atoms with Crippen LogP contribution in [0.25, 0.3) is 0 Å². The van der Waals surface area contributed by atoms with Gasteiger partial charge in [0.2, 0.25) is 0 Å². The maximum absolute atomic E-state index is 5.54. The largest absolute Gasteiger partial charge is 0.496 e. The molecule has 1 aliphatic heterocycles. The molecular formula is C16H25N3OS. The average molecular weight is 307 g/mol. The number of methoxy groups -OCH3 is 1. The van der Waals surface area contributed by atoms with Gasteiger partial charge in [0.15, 0.2) is 5.11 Å². The van der Waals surface area contributed by atoms with E-state index >= 15 is 0 Å². The lowest BCUT2D eigenvalue weighted by atomic mass is 10.0. The zero-order valence-corrected chi connectivity index (χ0v) is 13.7. The minimum atomic E-state index is 0.292. The van der Waals surface area contributed by atoms with E-state index in [9.17, 15) is 0 Å². The van der Waals surface area contributed by atoms with Crippen LogP contribution in [-0.2, 0) is 0 Å². The van der Waals surface area contributed by atoms with Crippen molar-refractivity contribution in [2.24, 2.45) is 0 Å².